The van der Waals surface area contributed by atoms with Crippen LogP contribution >= 0.6 is 0 Å². The molecule has 0 aliphatic rings. The fourth-order valence-electron chi connectivity index (χ4n) is 1.44. The molecule has 0 atom stereocenters. The largest absolute Gasteiger partial charge is 0.477 e. The molecule has 0 heterocycles. The summed E-state index contributed by atoms with van der Waals surface area (Å²) in [5.41, 5.74) is -0.918. The van der Waals surface area contributed by atoms with Gasteiger partial charge in [0.25, 0.3) is 5.69 Å². The summed E-state index contributed by atoms with van der Waals surface area (Å²) in [6, 6.07) is 4.33. The van der Waals surface area contributed by atoms with Crippen molar-refractivity contribution in [1.29, 1.82) is 5.26 Å². The van der Waals surface area contributed by atoms with Crippen molar-refractivity contribution in [3.8, 4) is 6.07 Å². The van der Waals surface area contributed by atoms with Crippen LogP contribution in [-0.2, 0) is 6.42 Å². The number of nitrogens with zero attached hydrogens (tertiary/aromatic N) is 2. The number of hydrogen-bond acceptors (Lipinski definition) is 4. The Morgan fingerprint density at radius 2 is 2.25 bits per heavy atom. The zero-order chi connectivity index (χ0) is 12.3. The molecule has 0 saturated heterocycles. The summed E-state index contributed by atoms with van der Waals surface area (Å²) in [7, 11) is 0. The van der Waals surface area contributed by atoms with Gasteiger partial charge in [0.1, 0.15) is 6.07 Å². The molecule has 0 spiro atoms. The third kappa shape index (κ3) is 1.83. The van der Waals surface area contributed by atoms with E-state index in [2.05, 4.69) is 0 Å². The van der Waals surface area contributed by atoms with Crippen LogP contribution in [0, 0.1) is 21.4 Å². The van der Waals surface area contributed by atoms with E-state index < -0.39 is 22.1 Å². The molecule has 0 aliphatic carbocycles. The number of carbonyl (C=O) groups is 1. The molecular weight excluding hydrogens is 212 g/mol. The maximum atomic E-state index is 10.9. The predicted molar refractivity (Wildman–Crippen MR) is 54.1 cm³/mol. The average Bonchev–Trinajstić information content (AvgIpc) is 2.26. The number of benzene rings is 1. The second-order valence-corrected chi connectivity index (χ2v) is 3.02. The van der Waals surface area contributed by atoms with E-state index >= 15 is 0 Å². The molecule has 0 radical (unpaired) electrons. The Balaban J connectivity index is 3.68. The third-order valence-electron chi connectivity index (χ3n) is 2.16. The minimum atomic E-state index is -1.46. The van der Waals surface area contributed by atoms with Crippen molar-refractivity contribution in [2.75, 3.05) is 0 Å². The van der Waals surface area contributed by atoms with Gasteiger partial charge in [-0.15, -0.1) is 0 Å². The minimum Gasteiger partial charge on any atom is -0.477 e. The van der Waals surface area contributed by atoms with Crippen molar-refractivity contribution in [2.24, 2.45) is 0 Å². The number of nitro groups is 1. The lowest BCUT2D eigenvalue weighted by Gasteiger charge is -2.04. The minimum absolute atomic E-state index is 0.198. The molecule has 0 bridgehead atoms. The van der Waals surface area contributed by atoms with Gasteiger partial charge in [-0.2, -0.15) is 5.26 Å². The first-order chi connectivity index (χ1) is 7.52. The van der Waals surface area contributed by atoms with Crippen LogP contribution in [0.2, 0.25) is 0 Å². The standard InChI is InChI=1S/C10H8N2O4/c1-2-6-3-4-7(5-11)8(10(13)14)9(6)12(15)16/h3-4H,2H2,1H3,(H,13,14). The summed E-state index contributed by atoms with van der Waals surface area (Å²) in [6.45, 7) is 1.68. The van der Waals surface area contributed by atoms with Crippen molar-refractivity contribution >= 4 is 11.7 Å². The molecule has 1 N–H and O–H groups in total. The van der Waals surface area contributed by atoms with Crippen molar-refractivity contribution in [2.45, 2.75) is 13.3 Å². The van der Waals surface area contributed by atoms with Crippen LogP contribution in [0.3, 0.4) is 0 Å². The Labute approximate surface area is 90.9 Å². The van der Waals surface area contributed by atoms with Gasteiger partial charge >= 0.3 is 5.97 Å². The Hall–Kier alpha value is -2.42. The summed E-state index contributed by atoms with van der Waals surface area (Å²) in [4.78, 5) is 21.0. The monoisotopic (exact) mass is 220 g/mol. The van der Waals surface area contributed by atoms with Crippen LogP contribution < -0.4 is 0 Å². The van der Waals surface area contributed by atoms with Gasteiger partial charge in [0, 0.05) is 5.56 Å². The van der Waals surface area contributed by atoms with E-state index in [1.54, 1.807) is 13.0 Å². The highest BCUT2D eigenvalue weighted by atomic mass is 16.6. The number of aromatic carboxylic acids is 1. The van der Waals surface area contributed by atoms with Crippen LogP contribution in [0.25, 0.3) is 0 Å². The van der Waals surface area contributed by atoms with Gasteiger partial charge in [-0.25, -0.2) is 4.79 Å². The van der Waals surface area contributed by atoms with Crippen LogP contribution in [0.1, 0.15) is 28.4 Å². The zero-order valence-corrected chi connectivity index (χ0v) is 8.43. The second kappa shape index (κ2) is 4.40. The van der Waals surface area contributed by atoms with Gasteiger partial charge in [0.15, 0.2) is 5.56 Å². The molecule has 0 saturated carbocycles. The Bertz CT molecular complexity index is 502. The zero-order valence-electron chi connectivity index (χ0n) is 8.43. The second-order valence-electron chi connectivity index (χ2n) is 3.02. The highest BCUT2D eigenvalue weighted by Gasteiger charge is 2.27. The molecular formula is C10H8N2O4. The molecule has 0 fully saturated rings. The van der Waals surface area contributed by atoms with E-state index in [4.69, 9.17) is 10.4 Å². The van der Waals surface area contributed by atoms with Gasteiger partial charge in [-0.3, -0.25) is 10.1 Å². The predicted octanol–water partition coefficient (Wildman–Crippen LogP) is 1.73. The lowest BCUT2D eigenvalue weighted by Crippen LogP contribution is -2.08. The molecule has 82 valence electrons. The first kappa shape index (κ1) is 11.7. The summed E-state index contributed by atoms with van der Waals surface area (Å²) in [6.07, 6.45) is 0.336. The quantitative estimate of drug-likeness (QED) is 0.616. The fourth-order valence-corrected chi connectivity index (χ4v) is 1.44. The Morgan fingerprint density at radius 1 is 1.62 bits per heavy atom. The van der Waals surface area contributed by atoms with E-state index in [0.29, 0.717) is 12.0 Å². The van der Waals surface area contributed by atoms with Gasteiger partial charge in [0.05, 0.1) is 10.5 Å². The van der Waals surface area contributed by atoms with E-state index in [9.17, 15) is 14.9 Å². The van der Waals surface area contributed by atoms with Crippen molar-refractivity contribution in [3.63, 3.8) is 0 Å². The van der Waals surface area contributed by atoms with Crippen LogP contribution in [-0.4, -0.2) is 16.0 Å². The van der Waals surface area contributed by atoms with Crippen molar-refractivity contribution in [1.82, 2.24) is 0 Å². The van der Waals surface area contributed by atoms with Crippen LogP contribution in [0.15, 0.2) is 12.1 Å². The van der Waals surface area contributed by atoms with Gasteiger partial charge < -0.3 is 5.11 Å². The van der Waals surface area contributed by atoms with Crippen molar-refractivity contribution < 1.29 is 14.8 Å². The van der Waals surface area contributed by atoms with E-state index in [0.717, 1.165) is 0 Å². The SMILES string of the molecule is CCc1ccc(C#N)c(C(=O)O)c1[N+](=O)[O-]. The molecule has 0 amide bonds. The topological polar surface area (TPSA) is 104 Å². The molecule has 6 nitrogen and oxygen atoms in total. The lowest BCUT2D eigenvalue weighted by molar-refractivity contribution is -0.385. The molecule has 1 aromatic carbocycles. The van der Waals surface area contributed by atoms with E-state index in [-0.39, 0.29) is 5.56 Å². The number of rotatable bonds is 3. The van der Waals surface area contributed by atoms with Crippen molar-refractivity contribution in [3.05, 3.63) is 38.9 Å². The third-order valence-corrected chi connectivity index (χ3v) is 2.16. The summed E-state index contributed by atoms with van der Waals surface area (Å²) >= 11 is 0. The molecule has 1 rings (SSSR count). The number of carboxylic acid groups (broad SMARTS) is 1. The van der Waals surface area contributed by atoms with Gasteiger partial charge in [-0.1, -0.05) is 13.0 Å². The fraction of sp³-hybridized carbons (Fsp3) is 0.200. The molecule has 1 aromatic rings. The number of nitriles is 1. The summed E-state index contributed by atoms with van der Waals surface area (Å²) in [5, 5.41) is 28.4. The first-order valence-electron chi connectivity index (χ1n) is 4.46. The smallest absolute Gasteiger partial charge is 0.344 e. The maximum Gasteiger partial charge on any atom is 0.344 e. The molecule has 6 heteroatoms. The first-order valence-corrected chi connectivity index (χ1v) is 4.46. The summed E-state index contributed by atoms with van der Waals surface area (Å²) in [5.74, 6) is -1.46. The highest BCUT2D eigenvalue weighted by Crippen LogP contribution is 2.27. The Kier molecular flexibility index (Phi) is 3.20. The lowest BCUT2D eigenvalue weighted by atomic mass is 10.00. The average molecular weight is 220 g/mol. The highest BCUT2D eigenvalue weighted by molar-refractivity contribution is 5.96. The number of hydrogen-bond donors (Lipinski definition) is 1. The normalized spacial score (nSPS) is 9.50. The molecule has 0 unspecified atom stereocenters. The number of nitro benzene ring substituents is 1. The number of aryl methyl sites for hydroxylation is 1. The van der Waals surface area contributed by atoms with E-state index in [1.165, 1.54) is 12.1 Å². The van der Waals surface area contributed by atoms with Crippen LogP contribution in [0.5, 0.6) is 0 Å². The number of carboxylic acids is 1. The van der Waals surface area contributed by atoms with Gasteiger partial charge in [0.2, 0.25) is 0 Å². The van der Waals surface area contributed by atoms with Crippen LogP contribution in [0.4, 0.5) is 5.69 Å². The Morgan fingerprint density at radius 3 is 2.62 bits per heavy atom. The van der Waals surface area contributed by atoms with Gasteiger partial charge in [-0.05, 0) is 12.5 Å². The molecule has 0 aromatic heterocycles. The summed E-state index contributed by atoms with van der Waals surface area (Å²) < 4.78 is 0. The molecule has 16 heavy (non-hydrogen) atoms. The van der Waals surface area contributed by atoms with E-state index in [1.807, 2.05) is 0 Å². The maximum absolute atomic E-state index is 10.9. The molecule has 0 aliphatic heterocycles.